The predicted octanol–water partition coefficient (Wildman–Crippen LogP) is 3.23. The number of nitrogens with zero attached hydrogens (tertiary/aromatic N) is 2. The van der Waals surface area contributed by atoms with Crippen LogP contribution in [0, 0.1) is 29.0 Å². The largest absolute Gasteiger partial charge is 0.262 e. The van der Waals surface area contributed by atoms with Crippen molar-refractivity contribution in [2.45, 2.75) is 5.88 Å². The monoisotopic (exact) mass is 270 g/mol. The molecular formula is C15H8ClFN2. The van der Waals surface area contributed by atoms with Gasteiger partial charge in [0.15, 0.2) is 0 Å². The highest BCUT2D eigenvalue weighted by Gasteiger charge is 2.00. The highest BCUT2D eigenvalue weighted by molar-refractivity contribution is 6.17. The number of hydrogen-bond donors (Lipinski definition) is 0. The van der Waals surface area contributed by atoms with E-state index in [0.717, 1.165) is 0 Å². The van der Waals surface area contributed by atoms with Crippen LogP contribution in [-0.4, -0.2) is 4.98 Å². The van der Waals surface area contributed by atoms with Crippen molar-refractivity contribution in [2.75, 3.05) is 0 Å². The summed E-state index contributed by atoms with van der Waals surface area (Å²) in [6.45, 7) is 0. The van der Waals surface area contributed by atoms with Crippen LogP contribution in [-0.2, 0) is 5.88 Å². The number of hydrogen-bond acceptors (Lipinski definition) is 2. The van der Waals surface area contributed by atoms with Gasteiger partial charge in [0, 0.05) is 29.1 Å². The number of aromatic nitrogens is 1. The Hall–Kier alpha value is -2.36. The number of alkyl halides is 1. The first-order chi connectivity index (χ1) is 9.22. The summed E-state index contributed by atoms with van der Waals surface area (Å²) in [5.74, 6) is 5.53. The smallest absolute Gasteiger partial charge is 0.127 e. The van der Waals surface area contributed by atoms with Crippen molar-refractivity contribution in [3.63, 3.8) is 0 Å². The molecule has 0 fully saturated rings. The number of halogens is 2. The molecule has 4 heteroatoms. The molecule has 19 heavy (non-hydrogen) atoms. The van der Waals surface area contributed by atoms with Crippen LogP contribution in [0.4, 0.5) is 4.39 Å². The Bertz CT molecular complexity index is 708. The van der Waals surface area contributed by atoms with Gasteiger partial charge >= 0.3 is 0 Å². The quantitative estimate of drug-likeness (QED) is 0.589. The van der Waals surface area contributed by atoms with Crippen LogP contribution in [0.25, 0.3) is 0 Å². The third-order valence-corrected chi connectivity index (χ3v) is 2.70. The topological polar surface area (TPSA) is 36.7 Å². The first-order valence-corrected chi connectivity index (χ1v) is 5.98. The van der Waals surface area contributed by atoms with Crippen molar-refractivity contribution in [2.24, 2.45) is 0 Å². The van der Waals surface area contributed by atoms with Crippen molar-refractivity contribution >= 4 is 11.6 Å². The lowest BCUT2D eigenvalue weighted by Gasteiger charge is -1.98. The number of rotatable bonds is 1. The van der Waals surface area contributed by atoms with E-state index in [9.17, 15) is 4.39 Å². The molecule has 0 saturated heterocycles. The maximum absolute atomic E-state index is 13.3. The van der Waals surface area contributed by atoms with Gasteiger partial charge in [-0.2, -0.15) is 5.26 Å². The molecule has 1 aromatic heterocycles. The number of benzene rings is 1. The minimum Gasteiger partial charge on any atom is -0.262 e. The van der Waals surface area contributed by atoms with Gasteiger partial charge in [0.05, 0.1) is 11.4 Å². The van der Waals surface area contributed by atoms with Gasteiger partial charge in [-0.05, 0) is 24.3 Å². The molecule has 0 radical (unpaired) electrons. The Kier molecular flexibility index (Phi) is 4.13. The summed E-state index contributed by atoms with van der Waals surface area (Å²) < 4.78 is 13.3. The molecule has 2 nitrogen and oxygen atoms in total. The lowest BCUT2D eigenvalue weighted by Crippen LogP contribution is -1.87. The standard InChI is InChI=1S/C15H8ClFN2/c16-7-14-6-11(3-4-15(14)17)1-2-12-5-13(8-18)10-19-9-12/h3-6,9-10H,7H2. The second kappa shape index (κ2) is 6.00. The number of pyridine rings is 1. The summed E-state index contributed by atoms with van der Waals surface area (Å²) in [6.07, 6.45) is 3.04. The van der Waals surface area contributed by atoms with Crippen LogP contribution in [0.15, 0.2) is 36.7 Å². The fraction of sp³-hybridized carbons (Fsp3) is 0.0667. The summed E-state index contributed by atoms with van der Waals surface area (Å²) in [6, 6.07) is 8.17. The third kappa shape index (κ3) is 3.31. The van der Waals surface area contributed by atoms with Gasteiger partial charge in [-0.25, -0.2) is 4.39 Å². The molecule has 92 valence electrons. The van der Waals surface area contributed by atoms with Crippen molar-refractivity contribution in [3.8, 4) is 17.9 Å². The van der Waals surface area contributed by atoms with Crippen LogP contribution in [0.3, 0.4) is 0 Å². The molecule has 1 heterocycles. The lowest BCUT2D eigenvalue weighted by molar-refractivity contribution is 0.617. The van der Waals surface area contributed by atoms with E-state index in [-0.39, 0.29) is 11.7 Å². The maximum Gasteiger partial charge on any atom is 0.127 e. The molecule has 0 unspecified atom stereocenters. The SMILES string of the molecule is N#Cc1cncc(C#Cc2ccc(F)c(CCl)c2)c1. The second-order valence-corrected chi connectivity index (χ2v) is 4.03. The zero-order chi connectivity index (χ0) is 13.7. The minimum atomic E-state index is -0.339. The zero-order valence-electron chi connectivity index (χ0n) is 9.82. The van der Waals surface area contributed by atoms with E-state index in [2.05, 4.69) is 16.8 Å². The molecule has 0 spiro atoms. The number of nitriles is 1. The van der Waals surface area contributed by atoms with E-state index in [4.69, 9.17) is 16.9 Å². The van der Waals surface area contributed by atoms with Gasteiger partial charge in [0.1, 0.15) is 11.9 Å². The lowest BCUT2D eigenvalue weighted by atomic mass is 10.1. The highest BCUT2D eigenvalue weighted by Crippen LogP contribution is 2.12. The molecule has 0 atom stereocenters. The van der Waals surface area contributed by atoms with Crippen LogP contribution >= 0.6 is 11.6 Å². The van der Waals surface area contributed by atoms with Crippen LogP contribution in [0.2, 0.25) is 0 Å². The Morgan fingerprint density at radius 3 is 2.58 bits per heavy atom. The molecule has 0 amide bonds. The molecular weight excluding hydrogens is 263 g/mol. The molecule has 0 saturated carbocycles. The van der Waals surface area contributed by atoms with Gasteiger partial charge in [-0.15, -0.1) is 11.6 Å². The average molecular weight is 271 g/mol. The van der Waals surface area contributed by atoms with Crippen LogP contribution in [0.5, 0.6) is 0 Å². The normalized spacial score (nSPS) is 9.32. The second-order valence-electron chi connectivity index (χ2n) is 3.76. The zero-order valence-corrected chi connectivity index (χ0v) is 10.6. The Labute approximate surface area is 115 Å². The Balaban J connectivity index is 2.31. The summed E-state index contributed by atoms with van der Waals surface area (Å²) >= 11 is 5.63. The molecule has 2 aromatic rings. The third-order valence-electron chi connectivity index (χ3n) is 2.41. The summed E-state index contributed by atoms with van der Waals surface area (Å²) in [5, 5.41) is 8.75. The van der Waals surface area contributed by atoms with Gasteiger partial charge in [-0.1, -0.05) is 11.8 Å². The molecule has 1 aromatic carbocycles. The molecule has 2 rings (SSSR count). The van der Waals surface area contributed by atoms with Crippen LogP contribution in [0.1, 0.15) is 22.3 Å². The minimum absolute atomic E-state index is 0.104. The van der Waals surface area contributed by atoms with Gasteiger partial charge in [-0.3, -0.25) is 4.98 Å². The van der Waals surface area contributed by atoms with E-state index in [1.165, 1.54) is 12.3 Å². The highest BCUT2D eigenvalue weighted by atomic mass is 35.5. The average Bonchev–Trinajstić information content (AvgIpc) is 2.46. The Morgan fingerprint density at radius 2 is 1.84 bits per heavy atom. The van der Waals surface area contributed by atoms with E-state index in [0.29, 0.717) is 22.3 Å². The first kappa shape index (κ1) is 13.1. The van der Waals surface area contributed by atoms with Crippen molar-refractivity contribution < 1.29 is 4.39 Å². The molecule has 0 N–H and O–H groups in total. The predicted molar refractivity (Wildman–Crippen MR) is 70.9 cm³/mol. The Morgan fingerprint density at radius 1 is 1.11 bits per heavy atom. The van der Waals surface area contributed by atoms with Crippen LogP contribution < -0.4 is 0 Å². The van der Waals surface area contributed by atoms with Gasteiger partial charge in [0.25, 0.3) is 0 Å². The van der Waals surface area contributed by atoms with Gasteiger partial charge in [0.2, 0.25) is 0 Å². The van der Waals surface area contributed by atoms with Crippen molar-refractivity contribution in [1.82, 2.24) is 4.98 Å². The van der Waals surface area contributed by atoms with E-state index in [1.807, 2.05) is 6.07 Å². The molecule has 0 bridgehead atoms. The fourth-order valence-corrected chi connectivity index (χ4v) is 1.67. The first-order valence-electron chi connectivity index (χ1n) is 5.44. The van der Waals surface area contributed by atoms with Gasteiger partial charge < -0.3 is 0 Å². The van der Waals surface area contributed by atoms with E-state index >= 15 is 0 Å². The molecule has 0 aliphatic rings. The van der Waals surface area contributed by atoms with E-state index in [1.54, 1.807) is 24.4 Å². The summed E-state index contributed by atoms with van der Waals surface area (Å²) in [4.78, 5) is 3.91. The summed E-state index contributed by atoms with van der Waals surface area (Å²) in [7, 11) is 0. The summed E-state index contributed by atoms with van der Waals surface area (Å²) in [5.41, 5.74) is 2.17. The molecule has 0 aliphatic carbocycles. The van der Waals surface area contributed by atoms with Crippen molar-refractivity contribution in [1.29, 1.82) is 5.26 Å². The maximum atomic E-state index is 13.3. The fourth-order valence-electron chi connectivity index (χ4n) is 1.47. The molecule has 0 aliphatic heterocycles. The van der Waals surface area contributed by atoms with Crippen molar-refractivity contribution in [3.05, 3.63) is 64.7 Å². The van der Waals surface area contributed by atoms with E-state index < -0.39 is 0 Å².